The molecule has 1 heterocycles. The van der Waals surface area contributed by atoms with Crippen LogP contribution in [-0.4, -0.2) is 48.1 Å². The third-order valence-corrected chi connectivity index (χ3v) is 4.98. The largest absolute Gasteiger partial charge is 0.354 e. The molecular formula is C20H27F4N3O2. The average Bonchev–Trinajstić information content (AvgIpc) is 3.03. The topological polar surface area (TPSA) is 75.4 Å². The fourth-order valence-electron chi connectivity index (χ4n) is 3.43. The highest BCUT2D eigenvalue weighted by Crippen LogP contribution is 2.22. The smallest absolute Gasteiger partial charge is 0.224 e. The van der Waals surface area contributed by atoms with E-state index in [-0.39, 0.29) is 43.8 Å². The molecule has 1 aliphatic rings. The zero-order chi connectivity index (χ0) is 21.6. The van der Waals surface area contributed by atoms with Gasteiger partial charge in [-0.1, -0.05) is 13.3 Å². The molecule has 2 amide bonds. The van der Waals surface area contributed by atoms with E-state index in [2.05, 4.69) is 5.32 Å². The second-order valence-corrected chi connectivity index (χ2v) is 7.47. The van der Waals surface area contributed by atoms with Crippen LogP contribution in [0.25, 0.3) is 0 Å². The lowest BCUT2D eigenvalue weighted by Crippen LogP contribution is -2.45. The Kier molecular flexibility index (Phi) is 8.43. The number of alkyl halides is 1. The normalized spacial score (nSPS) is 20.0. The SMILES string of the molecule is CCCCC(=O)NC[C@@H]1CC(F)CN1C(=O)CC(N)Cc1cc(F)c(F)cc1F. The number of rotatable bonds is 9. The molecule has 29 heavy (non-hydrogen) atoms. The van der Waals surface area contributed by atoms with Gasteiger partial charge in [-0.3, -0.25) is 9.59 Å². The van der Waals surface area contributed by atoms with Crippen LogP contribution in [0.5, 0.6) is 0 Å². The van der Waals surface area contributed by atoms with Crippen LogP contribution in [0.4, 0.5) is 17.6 Å². The van der Waals surface area contributed by atoms with Gasteiger partial charge in [0.25, 0.3) is 0 Å². The van der Waals surface area contributed by atoms with Gasteiger partial charge in [0.1, 0.15) is 12.0 Å². The third-order valence-electron chi connectivity index (χ3n) is 4.98. The van der Waals surface area contributed by atoms with Gasteiger partial charge in [0.15, 0.2) is 11.6 Å². The van der Waals surface area contributed by atoms with Crippen LogP contribution >= 0.6 is 0 Å². The molecule has 0 aliphatic carbocycles. The van der Waals surface area contributed by atoms with Crippen molar-refractivity contribution in [1.82, 2.24) is 10.2 Å². The van der Waals surface area contributed by atoms with Crippen LogP contribution in [0.15, 0.2) is 12.1 Å². The molecule has 1 aromatic rings. The van der Waals surface area contributed by atoms with E-state index in [4.69, 9.17) is 5.73 Å². The zero-order valence-corrected chi connectivity index (χ0v) is 16.4. The molecule has 1 aromatic carbocycles. The van der Waals surface area contributed by atoms with E-state index in [1.807, 2.05) is 6.92 Å². The van der Waals surface area contributed by atoms with Gasteiger partial charge in [-0.15, -0.1) is 0 Å². The van der Waals surface area contributed by atoms with Crippen LogP contribution in [0, 0.1) is 17.5 Å². The molecule has 0 radical (unpaired) electrons. The molecular weight excluding hydrogens is 390 g/mol. The monoisotopic (exact) mass is 417 g/mol. The van der Waals surface area contributed by atoms with Gasteiger partial charge in [0.05, 0.1) is 12.6 Å². The summed E-state index contributed by atoms with van der Waals surface area (Å²) in [5, 5.41) is 2.72. The summed E-state index contributed by atoms with van der Waals surface area (Å²) in [6, 6.07) is -0.169. The molecule has 0 bridgehead atoms. The molecule has 0 aromatic heterocycles. The van der Waals surface area contributed by atoms with Crippen molar-refractivity contribution < 1.29 is 27.2 Å². The summed E-state index contributed by atoms with van der Waals surface area (Å²) >= 11 is 0. The van der Waals surface area contributed by atoms with Crippen molar-refractivity contribution in [2.24, 2.45) is 5.73 Å². The molecule has 1 aliphatic heterocycles. The molecule has 0 spiro atoms. The van der Waals surface area contributed by atoms with Gasteiger partial charge >= 0.3 is 0 Å². The first-order valence-electron chi connectivity index (χ1n) is 9.80. The molecule has 5 nitrogen and oxygen atoms in total. The summed E-state index contributed by atoms with van der Waals surface area (Å²) in [7, 11) is 0. The molecule has 9 heteroatoms. The van der Waals surface area contributed by atoms with Gasteiger partial charge in [-0.2, -0.15) is 0 Å². The zero-order valence-electron chi connectivity index (χ0n) is 16.4. The Morgan fingerprint density at radius 2 is 1.93 bits per heavy atom. The van der Waals surface area contributed by atoms with E-state index in [9.17, 15) is 27.2 Å². The summed E-state index contributed by atoms with van der Waals surface area (Å²) in [5.74, 6) is -4.01. The number of hydrogen-bond donors (Lipinski definition) is 2. The molecule has 1 saturated heterocycles. The highest BCUT2D eigenvalue weighted by Gasteiger charge is 2.35. The van der Waals surface area contributed by atoms with Gasteiger partial charge < -0.3 is 16.0 Å². The summed E-state index contributed by atoms with van der Waals surface area (Å²) in [6.07, 6.45) is 0.556. The number of amides is 2. The van der Waals surface area contributed by atoms with Gasteiger partial charge in [-0.25, -0.2) is 17.6 Å². The first-order chi connectivity index (χ1) is 13.7. The first-order valence-corrected chi connectivity index (χ1v) is 9.80. The summed E-state index contributed by atoms with van der Waals surface area (Å²) in [4.78, 5) is 25.7. The quantitative estimate of drug-likeness (QED) is 0.479. The maximum absolute atomic E-state index is 13.9. The second-order valence-electron chi connectivity index (χ2n) is 7.47. The summed E-state index contributed by atoms with van der Waals surface area (Å²) in [6.45, 7) is 2.02. The van der Waals surface area contributed by atoms with E-state index in [0.717, 1.165) is 18.9 Å². The number of unbranched alkanes of at least 4 members (excludes halogenated alkanes) is 1. The van der Waals surface area contributed by atoms with Crippen molar-refractivity contribution in [3.63, 3.8) is 0 Å². The maximum atomic E-state index is 13.9. The van der Waals surface area contributed by atoms with Crippen molar-refractivity contribution >= 4 is 11.8 Å². The molecule has 1 fully saturated rings. The highest BCUT2D eigenvalue weighted by atomic mass is 19.2. The van der Waals surface area contributed by atoms with E-state index in [1.165, 1.54) is 4.90 Å². The number of likely N-dealkylation sites (tertiary alicyclic amines) is 1. The Morgan fingerprint density at radius 1 is 1.24 bits per heavy atom. The maximum Gasteiger partial charge on any atom is 0.224 e. The minimum absolute atomic E-state index is 0.0966. The number of hydrogen-bond acceptors (Lipinski definition) is 3. The minimum Gasteiger partial charge on any atom is -0.354 e. The first kappa shape index (κ1) is 23.1. The Hall–Kier alpha value is -2.16. The Morgan fingerprint density at radius 3 is 2.62 bits per heavy atom. The van der Waals surface area contributed by atoms with Gasteiger partial charge in [0.2, 0.25) is 11.8 Å². The van der Waals surface area contributed by atoms with E-state index >= 15 is 0 Å². The van der Waals surface area contributed by atoms with E-state index in [0.29, 0.717) is 12.5 Å². The molecule has 2 rings (SSSR count). The molecule has 162 valence electrons. The fraction of sp³-hybridized carbons (Fsp3) is 0.600. The number of halogens is 4. The van der Waals surface area contributed by atoms with E-state index in [1.54, 1.807) is 0 Å². The van der Waals surface area contributed by atoms with Crippen LogP contribution < -0.4 is 11.1 Å². The van der Waals surface area contributed by atoms with Crippen molar-refractivity contribution in [1.29, 1.82) is 0 Å². The summed E-state index contributed by atoms with van der Waals surface area (Å²) < 4.78 is 53.9. The number of carbonyl (C=O) groups is 2. The molecule has 0 saturated carbocycles. The second kappa shape index (κ2) is 10.6. The number of benzene rings is 1. The minimum atomic E-state index is -1.30. The lowest BCUT2D eigenvalue weighted by atomic mass is 10.0. The van der Waals surface area contributed by atoms with Gasteiger partial charge in [-0.05, 0) is 24.5 Å². The number of nitrogens with two attached hydrogens (primary N) is 1. The van der Waals surface area contributed by atoms with Crippen molar-refractivity contribution in [2.45, 2.75) is 63.7 Å². The van der Waals surface area contributed by atoms with Crippen LogP contribution in [-0.2, 0) is 16.0 Å². The van der Waals surface area contributed by atoms with E-state index < -0.39 is 41.6 Å². The lowest BCUT2D eigenvalue weighted by Gasteiger charge is -2.26. The predicted octanol–water partition coefficient (Wildman–Crippen LogP) is 2.61. The fourth-order valence-corrected chi connectivity index (χ4v) is 3.43. The Balaban J connectivity index is 1.91. The molecule has 3 N–H and O–H groups in total. The highest BCUT2D eigenvalue weighted by molar-refractivity contribution is 5.78. The Labute approximate surface area is 167 Å². The Bertz CT molecular complexity index is 732. The van der Waals surface area contributed by atoms with Crippen molar-refractivity contribution in [3.8, 4) is 0 Å². The number of nitrogens with one attached hydrogen (secondary N) is 1. The molecule has 3 atom stereocenters. The predicted molar refractivity (Wildman–Crippen MR) is 100 cm³/mol. The van der Waals surface area contributed by atoms with Crippen LogP contribution in [0.3, 0.4) is 0 Å². The number of nitrogens with zero attached hydrogens (tertiary/aromatic N) is 1. The molecule has 2 unspecified atom stereocenters. The van der Waals surface area contributed by atoms with Crippen molar-refractivity contribution in [3.05, 3.63) is 35.1 Å². The third kappa shape index (κ3) is 6.69. The average molecular weight is 417 g/mol. The standard InChI is InChI=1S/C20H27F4N3O2/c1-2-3-4-19(28)26-10-15-7-13(21)11-27(15)20(29)8-14(25)5-12-6-17(23)18(24)9-16(12)22/h6,9,13-15H,2-5,7-8,10-11,25H2,1H3,(H,26,28)/t13?,14?,15-/m0/s1. The summed E-state index contributed by atoms with van der Waals surface area (Å²) in [5.41, 5.74) is 5.76. The van der Waals surface area contributed by atoms with Gasteiger partial charge in [0, 0.05) is 37.9 Å². The number of carbonyl (C=O) groups excluding carboxylic acids is 2. The van der Waals surface area contributed by atoms with Crippen LogP contribution in [0.1, 0.15) is 44.6 Å². The van der Waals surface area contributed by atoms with Crippen LogP contribution in [0.2, 0.25) is 0 Å². The lowest BCUT2D eigenvalue weighted by molar-refractivity contribution is -0.133. The van der Waals surface area contributed by atoms with Crippen molar-refractivity contribution in [2.75, 3.05) is 13.1 Å².